The average molecular weight is 183 g/mol. The van der Waals surface area contributed by atoms with Crippen molar-refractivity contribution in [1.82, 2.24) is 16.0 Å². The summed E-state index contributed by atoms with van der Waals surface area (Å²) in [6.07, 6.45) is 5.39. The molecule has 4 heteroatoms. The lowest BCUT2D eigenvalue weighted by atomic mass is 10.2. The lowest BCUT2D eigenvalue weighted by Gasteiger charge is -2.16. The van der Waals surface area contributed by atoms with E-state index in [4.69, 9.17) is 0 Å². The molecule has 3 N–H and O–H groups in total. The largest absolute Gasteiger partial charge is 0.386 e. The Hall–Kier alpha value is -1.19. The molecule has 0 spiro atoms. The Bertz CT molecular complexity index is 201. The van der Waals surface area contributed by atoms with Crippen molar-refractivity contribution < 1.29 is 4.79 Å². The van der Waals surface area contributed by atoms with Crippen molar-refractivity contribution in [3.63, 3.8) is 0 Å². The quantitative estimate of drug-likeness (QED) is 0.555. The van der Waals surface area contributed by atoms with Crippen molar-refractivity contribution in [2.45, 2.75) is 26.2 Å². The number of hydrogen-bond acceptors (Lipinski definition) is 2. The van der Waals surface area contributed by atoms with Crippen LogP contribution in [0.2, 0.25) is 0 Å². The lowest BCUT2D eigenvalue weighted by Crippen LogP contribution is -2.41. The predicted molar refractivity (Wildman–Crippen MR) is 52.1 cm³/mol. The zero-order valence-electron chi connectivity index (χ0n) is 8.02. The van der Waals surface area contributed by atoms with Gasteiger partial charge in [-0.15, -0.1) is 0 Å². The van der Waals surface area contributed by atoms with Crippen molar-refractivity contribution in [1.29, 1.82) is 0 Å². The zero-order valence-corrected chi connectivity index (χ0v) is 8.02. The van der Waals surface area contributed by atoms with E-state index >= 15 is 0 Å². The molecule has 0 aromatic carbocycles. The van der Waals surface area contributed by atoms with Crippen LogP contribution >= 0.6 is 0 Å². The van der Waals surface area contributed by atoms with Crippen LogP contribution < -0.4 is 16.0 Å². The fourth-order valence-corrected chi connectivity index (χ4v) is 1.17. The normalized spacial score (nSPS) is 15.8. The molecule has 13 heavy (non-hydrogen) atoms. The molecular weight excluding hydrogens is 166 g/mol. The summed E-state index contributed by atoms with van der Waals surface area (Å²) < 4.78 is 0. The van der Waals surface area contributed by atoms with Gasteiger partial charge in [0.1, 0.15) is 0 Å². The third kappa shape index (κ3) is 3.83. The molecule has 0 aromatic rings. The number of urea groups is 1. The smallest absolute Gasteiger partial charge is 0.319 e. The first kappa shape index (κ1) is 9.89. The van der Waals surface area contributed by atoms with Gasteiger partial charge < -0.3 is 16.0 Å². The van der Waals surface area contributed by atoms with Gasteiger partial charge in [0, 0.05) is 18.4 Å². The lowest BCUT2D eigenvalue weighted by molar-refractivity contribution is 0.243. The van der Waals surface area contributed by atoms with Crippen molar-refractivity contribution >= 4 is 6.03 Å². The van der Waals surface area contributed by atoms with Gasteiger partial charge in [0.15, 0.2) is 0 Å². The molecule has 0 aromatic heterocycles. The van der Waals surface area contributed by atoms with E-state index in [9.17, 15) is 4.79 Å². The van der Waals surface area contributed by atoms with Gasteiger partial charge in [-0.1, -0.05) is 19.8 Å². The SMILES string of the molecule is CCCCCNC1=CNC(=O)NC1. The summed E-state index contributed by atoms with van der Waals surface area (Å²) in [7, 11) is 0. The molecule has 0 fully saturated rings. The van der Waals surface area contributed by atoms with Crippen LogP contribution in [0.3, 0.4) is 0 Å². The van der Waals surface area contributed by atoms with Gasteiger partial charge in [0.2, 0.25) is 0 Å². The molecule has 74 valence electrons. The second-order valence-electron chi connectivity index (χ2n) is 3.13. The minimum atomic E-state index is -0.126. The first-order valence-electron chi connectivity index (χ1n) is 4.80. The molecule has 0 bridgehead atoms. The maximum absolute atomic E-state index is 10.7. The van der Waals surface area contributed by atoms with E-state index < -0.39 is 0 Å². The first-order valence-corrected chi connectivity index (χ1v) is 4.80. The van der Waals surface area contributed by atoms with Crippen LogP contribution in [0, 0.1) is 0 Å². The van der Waals surface area contributed by atoms with Gasteiger partial charge in [-0.2, -0.15) is 0 Å². The predicted octanol–water partition coefficient (Wildman–Crippen LogP) is 0.920. The highest BCUT2D eigenvalue weighted by atomic mass is 16.2. The summed E-state index contributed by atoms with van der Waals surface area (Å²) in [5.74, 6) is 0. The molecule has 1 aliphatic heterocycles. The van der Waals surface area contributed by atoms with Gasteiger partial charge in [0.25, 0.3) is 0 Å². The summed E-state index contributed by atoms with van der Waals surface area (Å²) in [6.45, 7) is 3.77. The number of unbranched alkanes of at least 4 members (excludes halogenated alkanes) is 2. The Kier molecular flexibility index (Phi) is 4.15. The molecular formula is C9H17N3O. The maximum atomic E-state index is 10.7. The number of amides is 2. The monoisotopic (exact) mass is 183 g/mol. The number of carbonyl (C=O) groups is 1. The number of rotatable bonds is 5. The molecule has 0 unspecified atom stereocenters. The molecule has 2 amide bonds. The third-order valence-corrected chi connectivity index (χ3v) is 1.95. The van der Waals surface area contributed by atoms with Crippen LogP contribution in [-0.4, -0.2) is 19.1 Å². The first-order chi connectivity index (χ1) is 6.33. The fourth-order valence-electron chi connectivity index (χ4n) is 1.17. The number of carbonyl (C=O) groups excluding carboxylic acids is 1. The maximum Gasteiger partial charge on any atom is 0.319 e. The minimum absolute atomic E-state index is 0.126. The Balaban J connectivity index is 2.11. The van der Waals surface area contributed by atoms with E-state index in [0.29, 0.717) is 6.54 Å². The Morgan fingerprint density at radius 1 is 1.54 bits per heavy atom. The number of nitrogens with one attached hydrogen (secondary N) is 3. The Morgan fingerprint density at radius 2 is 2.38 bits per heavy atom. The molecule has 1 heterocycles. The standard InChI is InChI=1S/C9H17N3O/c1-2-3-4-5-10-8-6-11-9(13)12-7-8/h6,10H,2-5,7H2,1H3,(H2,11,12,13). The summed E-state index contributed by atoms with van der Waals surface area (Å²) in [6, 6.07) is -0.126. The van der Waals surface area contributed by atoms with Crippen molar-refractivity contribution in [2.75, 3.05) is 13.1 Å². The molecule has 0 atom stereocenters. The van der Waals surface area contributed by atoms with Crippen molar-refractivity contribution in [2.24, 2.45) is 0 Å². The highest BCUT2D eigenvalue weighted by molar-refractivity contribution is 5.76. The minimum Gasteiger partial charge on any atom is -0.386 e. The summed E-state index contributed by atoms with van der Waals surface area (Å²) in [5, 5.41) is 8.55. The second-order valence-corrected chi connectivity index (χ2v) is 3.13. The number of hydrogen-bond donors (Lipinski definition) is 3. The van der Waals surface area contributed by atoms with Gasteiger partial charge in [-0.05, 0) is 6.42 Å². The molecule has 0 saturated carbocycles. The van der Waals surface area contributed by atoms with Crippen LogP contribution in [-0.2, 0) is 0 Å². The third-order valence-electron chi connectivity index (χ3n) is 1.95. The van der Waals surface area contributed by atoms with E-state index in [-0.39, 0.29) is 6.03 Å². The summed E-state index contributed by atoms with van der Waals surface area (Å²) in [4.78, 5) is 10.7. The average Bonchev–Trinajstić information content (AvgIpc) is 2.15. The molecule has 1 rings (SSSR count). The second kappa shape index (κ2) is 5.45. The van der Waals surface area contributed by atoms with Gasteiger partial charge >= 0.3 is 6.03 Å². The topological polar surface area (TPSA) is 53.2 Å². The van der Waals surface area contributed by atoms with E-state index in [2.05, 4.69) is 22.9 Å². The van der Waals surface area contributed by atoms with Crippen LogP contribution in [0.4, 0.5) is 4.79 Å². The van der Waals surface area contributed by atoms with E-state index in [0.717, 1.165) is 12.2 Å². The summed E-state index contributed by atoms with van der Waals surface area (Å²) in [5.41, 5.74) is 1.05. The molecule has 4 nitrogen and oxygen atoms in total. The van der Waals surface area contributed by atoms with Gasteiger partial charge in [-0.3, -0.25) is 0 Å². The molecule has 0 saturated heterocycles. The van der Waals surface area contributed by atoms with E-state index in [1.165, 1.54) is 19.3 Å². The van der Waals surface area contributed by atoms with Crippen molar-refractivity contribution in [3.05, 3.63) is 11.9 Å². The van der Waals surface area contributed by atoms with E-state index in [1.54, 1.807) is 6.20 Å². The van der Waals surface area contributed by atoms with Gasteiger partial charge in [0.05, 0.1) is 6.54 Å². The van der Waals surface area contributed by atoms with E-state index in [1.807, 2.05) is 0 Å². The van der Waals surface area contributed by atoms with Crippen LogP contribution in [0.1, 0.15) is 26.2 Å². The Morgan fingerprint density at radius 3 is 3.00 bits per heavy atom. The van der Waals surface area contributed by atoms with Crippen LogP contribution in [0.25, 0.3) is 0 Å². The highest BCUT2D eigenvalue weighted by Gasteiger charge is 2.06. The van der Waals surface area contributed by atoms with Crippen LogP contribution in [0.5, 0.6) is 0 Å². The fraction of sp³-hybridized carbons (Fsp3) is 0.667. The summed E-state index contributed by atoms with van der Waals surface area (Å²) >= 11 is 0. The molecule has 0 aliphatic carbocycles. The van der Waals surface area contributed by atoms with Crippen LogP contribution in [0.15, 0.2) is 11.9 Å². The van der Waals surface area contributed by atoms with Gasteiger partial charge in [-0.25, -0.2) is 4.79 Å². The van der Waals surface area contributed by atoms with Crippen molar-refractivity contribution in [3.8, 4) is 0 Å². The Labute approximate surface area is 78.8 Å². The zero-order chi connectivity index (χ0) is 9.52. The highest BCUT2D eigenvalue weighted by Crippen LogP contribution is 1.94. The molecule has 1 aliphatic rings. The molecule has 0 radical (unpaired) electrons.